The summed E-state index contributed by atoms with van der Waals surface area (Å²) in [5.74, 6) is -0.675. The van der Waals surface area contributed by atoms with Crippen molar-refractivity contribution in [2.45, 2.75) is 84.1 Å². The molecule has 0 saturated carbocycles. The molecule has 0 heterocycles. The van der Waals surface area contributed by atoms with Crippen molar-refractivity contribution < 1.29 is 28.6 Å². The molecule has 2 atom stereocenters. The van der Waals surface area contributed by atoms with Gasteiger partial charge in [-0.2, -0.15) is 0 Å². The zero-order valence-electron chi connectivity index (χ0n) is 24.6. The second kappa shape index (κ2) is 15.4. The maximum atomic E-state index is 13.5. The minimum Gasteiger partial charge on any atom is -0.488 e. The van der Waals surface area contributed by atoms with Crippen molar-refractivity contribution in [3.05, 3.63) is 65.7 Å². The minimum absolute atomic E-state index is 0.0804. The van der Waals surface area contributed by atoms with Crippen LogP contribution in [0.3, 0.4) is 0 Å². The van der Waals surface area contributed by atoms with Gasteiger partial charge in [-0.1, -0.05) is 42.5 Å². The van der Waals surface area contributed by atoms with Gasteiger partial charge in [0, 0.05) is 25.8 Å². The van der Waals surface area contributed by atoms with Gasteiger partial charge in [0.2, 0.25) is 11.8 Å². The summed E-state index contributed by atoms with van der Waals surface area (Å²) in [5.41, 5.74) is 6.02. The molecule has 9 heteroatoms. The molecule has 4 N–H and O–H groups in total. The minimum atomic E-state index is -0.968. The van der Waals surface area contributed by atoms with Crippen LogP contribution in [-0.4, -0.2) is 60.8 Å². The van der Waals surface area contributed by atoms with Crippen molar-refractivity contribution in [2.24, 2.45) is 5.73 Å². The first-order valence-corrected chi connectivity index (χ1v) is 13.7. The highest BCUT2D eigenvalue weighted by Gasteiger charge is 2.30. The lowest BCUT2D eigenvalue weighted by atomic mass is 10.0. The number of hydrogen-bond acceptors (Lipinski definition) is 7. The summed E-state index contributed by atoms with van der Waals surface area (Å²) in [5, 5.41) is 5.63. The van der Waals surface area contributed by atoms with E-state index in [0.29, 0.717) is 18.9 Å². The van der Waals surface area contributed by atoms with E-state index >= 15 is 0 Å². The van der Waals surface area contributed by atoms with Crippen LogP contribution in [0.25, 0.3) is 0 Å². The van der Waals surface area contributed by atoms with Crippen LogP contribution in [0.1, 0.15) is 59.1 Å². The van der Waals surface area contributed by atoms with Crippen molar-refractivity contribution in [2.75, 3.05) is 19.8 Å². The van der Waals surface area contributed by atoms with Crippen LogP contribution in [-0.2, 0) is 36.7 Å². The van der Waals surface area contributed by atoms with Crippen molar-refractivity contribution in [3.63, 3.8) is 0 Å². The molecule has 0 radical (unpaired) electrons. The van der Waals surface area contributed by atoms with Crippen LogP contribution in [0, 0.1) is 0 Å². The monoisotopic (exact) mass is 555 g/mol. The maximum absolute atomic E-state index is 13.5. The lowest BCUT2D eigenvalue weighted by Crippen LogP contribution is -2.54. The summed E-state index contributed by atoms with van der Waals surface area (Å²) in [7, 11) is 0. The zero-order chi connectivity index (χ0) is 29.8. The molecule has 0 fully saturated rings. The summed E-state index contributed by atoms with van der Waals surface area (Å²) in [4.78, 5) is 39.4. The van der Waals surface area contributed by atoms with Gasteiger partial charge >= 0.3 is 5.97 Å². The van der Waals surface area contributed by atoms with Gasteiger partial charge in [0.1, 0.15) is 29.0 Å². The summed E-state index contributed by atoms with van der Waals surface area (Å²) >= 11 is 0. The number of esters is 1. The Kier molecular flexibility index (Phi) is 12.6. The van der Waals surface area contributed by atoms with Gasteiger partial charge in [0.05, 0.1) is 13.2 Å². The molecule has 2 aromatic rings. The van der Waals surface area contributed by atoms with Crippen LogP contribution >= 0.6 is 0 Å². The van der Waals surface area contributed by atoms with E-state index < -0.39 is 29.6 Å². The molecule has 2 amide bonds. The second-order valence-corrected chi connectivity index (χ2v) is 11.6. The SMILES string of the molecule is CC(C)(C)OC(=O)[C@H](Cc1ccc(OC(C)(C)C)cc1)NC(=O)[C@H](Cc1ccccc1)NC(=O)CCOCCN. The van der Waals surface area contributed by atoms with Crippen molar-refractivity contribution in [1.82, 2.24) is 10.6 Å². The number of nitrogens with one attached hydrogen (secondary N) is 2. The predicted molar refractivity (Wildman–Crippen MR) is 155 cm³/mol. The largest absolute Gasteiger partial charge is 0.488 e. The first-order valence-electron chi connectivity index (χ1n) is 13.7. The smallest absolute Gasteiger partial charge is 0.329 e. The summed E-state index contributed by atoms with van der Waals surface area (Å²) in [6, 6.07) is 14.9. The molecular weight excluding hydrogens is 510 g/mol. The van der Waals surface area contributed by atoms with Crippen LogP contribution in [0.15, 0.2) is 54.6 Å². The Labute approximate surface area is 238 Å². The number of carbonyl (C=O) groups excluding carboxylic acids is 3. The molecule has 0 aliphatic rings. The van der Waals surface area contributed by atoms with Crippen molar-refractivity contribution >= 4 is 17.8 Å². The summed E-state index contributed by atoms with van der Waals surface area (Å²) in [6.45, 7) is 12.1. The molecule has 40 heavy (non-hydrogen) atoms. The maximum Gasteiger partial charge on any atom is 0.329 e. The zero-order valence-corrected chi connectivity index (χ0v) is 24.6. The number of benzene rings is 2. The quantitative estimate of drug-likeness (QED) is 0.241. The van der Waals surface area contributed by atoms with E-state index in [1.807, 2.05) is 75.4 Å². The Balaban J connectivity index is 2.22. The Morgan fingerprint density at radius 2 is 1.38 bits per heavy atom. The molecule has 220 valence electrons. The lowest BCUT2D eigenvalue weighted by molar-refractivity contribution is -0.158. The topological polar surface area (TPSA) is 129 Å². The number of carbonyl (C=O) groups is 3. The fourth-order valence-electron chi connectivity index (χ4n) is 3.80. The van der Waals surface area contributed by atoms with Gasteiger partial charge in [0.25, 0.3) is 0 Å². The third kappa shape index (κ3) is 13.1. The van der Waals surface area contributed by atoms with Gasteiger partial charge < -0.3 is 30.6 Å². The summed E-state index contributed by atoms with van der Waals surface area (Å²) in [6.07, 6.45) is 0.536. The Morgan fingerprint density at radius 1 is 0.775 bits per heavy atom. The summed E-state index contributed by atoms with van der Waals surface area (Å²) < 4.78 is 16.8. The van der Waals surface area contributed by atoms with E-state index in [2.05, 4.69) is 10.6 Å². The Morgan fingerprint density at radius 3 is 1.95 bits per heavy atom. The van der Waals surface area contributed by atoms with E-state index in [4.69, 9.17) is 19.9 Å². The van der Waals surface area contributed by atoms with Gasteiger partial charge in [-0.3, -0.25) is 9.59 Å². The standard InChI is InChI=1S/C31H45N3O6/c1-30(2,3)39-24-14-12-23(13-15-24)21-26(29(37)40-31(4,5)6)34-28(36)25(20-22-10-8-7-9-11-22)33-27(35)16-18-38-19-17-32/h7-15,25-26H,16-21,32H2,1-6H3,(H,33,35)(H,34,36)/t25-,26-/m0/s1. The van der Waals surface area contributed by atoms with E-state index in [1.165, 1.54) is 0 Å². The first kappa shape index (κ1) is 32.8. The molecule has 2 aromatic carbocycles. The molecule has 0 saturated heterocycles. The predicted octanol–water partition coefficient (Wildman–Crippen LogP) is 3.33. The Bertz CT molecular complexity index is 1070. The normalized spacial score (nSPS) is 13.2. The third-order valence-corrected chi connectivity index (χ3v) is 5.47. The van der Waals surface area contributed by atoms with Crippen molar-refractivity contribution in [1.29, 1.82) is 0 Å². The molecule has 9 nitrogen and oxygen atoms in total. The number of nitrogens with two attached hydrogens (primary N) is 1. The first-order chi connectivity index (χ1) is 18.8. The highest BCUT2D eigenvalue weighted by molar-refractivity contribution is 5.91. The molecule has 0 aliphatic carbocycles. The number of ether oxygens (including phenoxy) is 3. The van der Waals surface area contributed by atoms with Gasteiger partial charge in [-0.15, -0.1) is 0 Å². The highest BCUT2D eigenvalue weighted by atomic mass is 16.6. The van der Waals surface area contributed by atoms with Crippen LogP contribution < -0.4 is 21.1 Å². The highest BCUT2D eigenvalue weighted by Crippen LogP contribution is 2.20. The van der Waals surface area contributed by atoms with Crippen LogP contribution in [0.4, 0.5) is 0 Å². The van der Waals surface area contributed by atoms with E-state index in [9.17, 15) is 14.4 Å². The van der Waals surface area contributed by atoms with Crippen LogP contribution in [0.5, 0.6) is 5.75 Å². The molecule has 0 unspecified atom stereocenters. The van der Waals surface area contributed by atoms with E-state index in [0.717, 1.165) is 11.1 Å². The molecule has 0 bridgehead atoms. The van der Waals surface area contributed by atoms with E-state index in [-0.39, 0.29) is 37.4 Å². The number of hydrogen-bond donors (Lipinski definition) is 3. The average Bonchev–Trinajstić information content (AvgIpc) is 2.85. The third-order valence-electron chi connectivity index (χ3n) is 5.47. The Hall–Kier alpha value is -3.43. The molecule has 0 aromatic heterocycles. The van der Waals surface area contributed by atoms with Gasteiger partial charge in [-0.05, 0) is 64.8 Å². The number of rotatable bonds is 14. The lowest BCUT2D eigenvalue weighted by Gasteiger charge is -2.27. The molecular formula is C31H45N3O6. The fraction of sp³-hybridized carbons (Fsp3) is 0.516. The molecule has 0 spiro atoms. The average molecular weight is 556 g/mol. The number of amides is 2. The van der Waals surface area contributed by atoms with E-state index in [1.54, 1.807) is 20.8 Å². The van der Waals surface area contributed by atoms with Crippen molar-refractivity contribution in [3.8, 4) is 5.75 Å². The second-order valence-electron chi connectivity index (χ2n) is 11.6. The molecule has 0 aliphatic heterocycles. The van der Waals surface area contributed by atoms with Crippen LogP contribution in [0.2, 0.25) is 0 Å². The van der Waals surface area contributed by atoms with Gasteiger partial charge in [0.15, 0.2) is 0 Å². The molecule has 2 rings (SSSR count). The fourth-order valence-corrected chi connectivity index (χ4v) is 3.80. The van der Waals surface area contributed by atoms with Gasteiger partial charge in [-0.25, -0.2) is 4.79 Å².